The molecular formula is C24H25N5O5S. The Kier molecular flexibility index (Phi) is 6.35. The van der Waals surface area contributed by atoms with Crippen LogP contribution in [0.15, 0.2) is 53.4 Å². The Hall–Kier alpha value is -4.12. The molecule has 0 aliphatic carbocycles. The zero-order valence-electron chi connectivity index (χ0n) is 19.9. The molecule has 4 rings (SSSR count). The summed E-state index contributed by atoms with van der Waals surface area (Å²) in [5.41, 5.74) is 2.97. The van der Waals surface area contributed by atoms with Gasteiger partial charge in [-0.15, -0.1) is 0 Å². The number of anilines is 2. The summed E-state index contributed by atoms with van der Waals surface area (Å²) in [6.07, 6.45) is 0. The second-order valence-corrected chi connectivity index (χ2v) is 9.51. The van der Waals surface area contributed by atoms with Crippen LogP contribution in [-0.4, -0.2) is 43.3 Å². The molecule has 0 spiro atoms. The van der Waals surface area contributed by atoms with Crippen molar-refractivity contribution in [3.63, 3.8) is 0 Å². The van der Waals surface area contributed by atoms with Gasteiger partial charge in [-0.1, -0.05) is 0 Å². The number of hydrogen-bond donors (Lipinski definition) is 2. The van der Waals surface area contributed by atoms with E-state index < -0.39 is 15.9 Å². The van der Waals surface area contributed by atoms with Crippen LogP contribution in [0.3, 0.4) is 0 Å². The minimum absolute atomic E-state index is 0.123. The summed E-state index contributed by atoms with van der Waals surface area (Å²) in [5, 5.41) is 7.88. The Morgan fingerprint density at radius 3 is 2.29 bits per heavy atom. The van der Waals surface area contributed by atoms with E-state index in [1.807, 2.05) is 6.92 Å². The van der Waals surface area contributed by atoms with Crippen molar-refractivity contribution in [3.8, 4) is 11.5 Å². The van der Waals surface area contributed by atoms with Crippen molar-refractivity contribution >= 4 is 38.3 Å². The second-order valence-electron chi connectivity index (χ2n) is 7.86. The highest BCUT2D eigenvalue weighted by molar-refractivity contribution is 7.92. The van der Waals surface area contributed by atoms with Crippen LogP contribution in [-0.2, 0) is 17.1 Å². The fourth-order valence-electron chi connectivity index (χ4n) is 3.69. The number of amides is 1. The zero-order chi connectivity index (χ0) is 25.3. The maximum atomic E-state index is 13.1. The molecule has 0 saturated carbocycles. The number of sulfonamides is 1. The number of ether oxygens (including phenoxy) is 2. The molecule has 35 heavy (non-hydrogen) atoms. The number of fused-ring (bicyclic) bond motifs is 1. The van der Waals surface area contributed by atoms with Gasteiger partial charge in [-0.25, -0.2) is 13.4 Å². The molecule has 2 aromatic carbocycles. The minimum atomic E-state index is -4.03. The Morgan fingerprint density at radius 2 is 1.63 bits per heavy atom. The van der Waals surface area contributed by atoms with Crippen LogP contribution in [0.4, 0.5) is 11.4 Å². The van der Waals surface area contributed by atoms with Crippen LogP contribution in [0.5, 0.6) is 11.5 Å². The number of methoxy groups -OCH3 is 2. The fraction of sp³-hybridized carbons (Fsp3) is 0.208. The summed E-state index contributed by atoms with van der Waals surface area (Å²) in [6, 6.07) is 12.6. The summed E-state index contributed by atoms with van der Waals surface area (Å²) in [7, 11) is 0.664. The topological polar surface area (TPSA) is 124 Å². The summed E-state index contributed by atoms with van der Waals surface area (Å²) < 4.78 is 40.8. The van der Waals surface area contributed by atoms with E-state index in [2.05, 4.69) is 20.1 Å². The molecule has 2 heterocycles. The Bertz CT molecular complexity index is 1530. The van der Waals surface area contributed by atoms with Gasteiger partial charge in [0.25, 0.3) is 15.9 Å². The fourth-order valence-corrected chi connectivity index (χ4v) is 4.95. The van der Waals surface area contributed by atoms with Crippen LogP contribution in [0.25, 0.3) is 11.0 Å². The first kappa shape index (κ1) is 24.0. The molecule has 0 unspecified atom stereocenters. The molecule has 2 aromatic heterocycles. The predicted octanol–water partition coefficient (Wildman–Crippen LogP) is 3.66. The second kappa shape index (κ2) is 9.26. The smallest absolute Gasteiger partial charge is 0.265 e. The summed E-state index contributed by atoms with van der Waals surface area (Å²) in [4.78, 5) is 17.5. The van der Waals surface area contributed by atoms with E-state index >= 15 is 0 Å². The van der Waals surface area contributed by atoms with E-state index in [0.717, 1.165) is 11.1 Å². The highest BCUT2D eigenvalue weighted by Gasteiger charge is 2.22. The average molecular weight is 496 g/mol. The third-order valence-corrected chi connectivity index (χ3v) is 6.89. The maximum absolute atomic E-state index is 13.1. The lowest BCUT2D eigenvalue weighted by atomic mass is 10.1. The largest absolute Gasteiger partial charge is 0.497 e. The lowest BCUT2D eigenvalue weighted by Gasteiger charge is -2.14. The van der Waals surface area contributed by atoms with E-state index in [1.54, 1.807) is 55.1 Å². The Balaban J connectivity index is 1.64. The van der Waals surface area contributed by atoms with Gasteiger partial charge in [0.15, 0.2) is 5.65 Å². The van der Waals surface area contributed by atoms with Crippen molar-refractivity contribution in [2.24, 2.45) is 7.05 Å². The van der Waals surface area contributed by atoms with Gasteiger partial charge in [0.05, 0.1) is 31.2 Å². The van der Waals surface area contributed by atoms with Crippen molar-refractivity contribution < 1.29 is 22.7 Å². The number of benzene rings is 2. The summed E-state index contributed by atoms with van der Waals surface area (Å²) in [6.45, 7) is 3.58. The van der Waals surface area contributed by atoms with Crippen LogP contribution in [0.1, 0.15) is 21.7 Å². The van der Waals surface area contributed by atoms with Gasteiger partial charge in [-0.2, -0.15) is 5.10 Å². The van der Waals surface area contributed by atoms with Crippen molar-refractivity contribution in [2.45, 2.75) is 18.7 Å². The number of carbonyl (C=O) groups is 1. The summed E-state index contributed by atoms with van der Waals surface area (Å²) in [5.74, 6) is 0.311. The number of carbonyl (C=O) groups excluding carboxylic acids is 1. The van der Waals surface area contributed by atoms with Crippen molar-refractivity contribution in [1.29, 1.82) is 0 Å². The lowest BCUT2D eigenvalue weighted by Crippen LogP contribution is -2.17. The first-order chi connectivity index (χ1) is 16.6. The van der Waals surface area contributed by atoms with Crippen LogP contribution < -0.4 is 19.5 Å². The number of hydrogen-bond acceptors (Lipinski definition) is 7. The number of aryl methyl sites for hydroxylation is 3. The molecule has 4 aromatic rings. The molecule has 0 aliphatic heterocycles. The monoisotopic (exact) mass is 495 g/mol. The van der Waals surface area contributed by atoms with E-state index in [1.165, 1.54) is 26.4 Å². The van der Waals surface area contributed by atoms with Gasteiger partial charge in [0, 0.05) is 23.8 Å². The Labute approximate surface area is 202 Å². The molecule has 0 aliphatic rings. The van der Waals surface area contributed by atoms with Gasteiger partial charge < -0.3 is 14.8 Å². The van der Waals surface area contributed by atoms with Gasteiger partial charge in [0.2, 0.25) is 0 Å². The molecule has 0 atom stereocenters. The van der Waals surface area contributed by atoms with Crippen molar-refractivity contribution in [1.82, 2.24) is 14.8 Å². The predicted molar refractivity (Wildman–Crippen MR) is 133 cm³/mol. The molecule has 10 nitrogen and oxygen atoms in total. The van der Waals surface area contributed by atoms with Crippen molar-refractivity contribution in [2.75, 3.05) is 24.3 Å². The minimum Gasteiger partial charge on any atom is -0.497 e. The number of pyridine rings is 1. The van der Waals surface area contributed by atoms with Crippen LogP contribution >= 0.6 is 0 Å². The SMILES string of the molecule is COc1ccc(NS(=O)(=O)c2cc(NC(=O)c3cc4c(C)nn(C)c4nc3C)ccc2OC)cc1. The first-order valence-electron chi connectivity index (χ1n) is 10.6. The van der Waals surface area contributed by atoms with E-state index in [0.29, 0.717) is 28.3 Å². The third-order valence-electron chi connectivity index (χ3n) is 5.49. The maximum Gasteiger partial charge on any atom is 0.265 e. The van der Waals surface area contributed by atoms with Gasteiger partial charge >= 0.3 is 0 Å². The van der Waals surface area contributed by atoms with E-state index in [4.69, 9.17) is 9.47 Å². The molecule has 11 heteroatoms. The quantitative estimate of drug-likeness (QED) is 0.401. The normalized spacial score (nSPS) is 11.3. The molecule has 182 valence electrons. The number of rotatable bonds is 7. The van der Waals surface area contributed by atoms with Gasteiger partial charge in [-0.05, 0) is 62.4 Å². The Morgan fingerprint density at radius 1 is 0.943 bits per heavy atom. The van der Waals surface area contributed by atoms with Gasteiger partial charge in [-0.3, -0.25) is 14.2 Å². The number of aromatic nitrogens is 3. The molecule has 0 bridgehead atoms. The molecule has 0 saturated heterocycles. The molecule has 1 amide bonds. The number of nitrogens with one attached hydrogen (secondary N) is 2. The van der Waals surface area contributed by atoms with Crippen LogP contribution in [0.2, 0.25) is 0 Å². The molecule has 0 fully saturated rings. The van der Waals surface area contributed by atoms with Gasteiger partial charge in [0.1, 0.15) is 16.4 Å². The lowest BCUT2D eigenvalue weighted by molar-refractivity contribution is 0.102. The first-order valence-corrected chi connectivity index (χ1v) is 12.1. The highest BCUT2D eigenvalue weighted by atomic mass is 32.2. The zero-order valence-corrected chi connectivity index (χ0v) is 20.7. The van der Waals surface area contributed by atoms with Crippen LogP contribution in [0, 0.1) is 13.8 Å². The van der Waals surface area contributed by atoms with E-state index in [9.17, 15) is 13.2 Å². The number of nitrogens with zero attached hydrogens (tertiary/aromatic N) is 3. The average Bonchev–Trinajstić information content (AvgIpc) is 3.10. The standard InChI is InChI=1S/C24H25N5O5S/c1-14-20(13-19-15(2)27-29(3)23(19)25-14)24(30)26-17-8-11-21(34-5)22(12-17)35(31,32)28-16-6-9-18(33-4)10-7-16/h6-13,28H,1-5H3,(H,26,30). The molecule has 2 N–H and O–H groups in total. The molecular weight excluding hydrogens is 470 g/mol. The van der Waals surface area contributed by atoms with Crippen molar-refractivity contribution in [3.05, 3.63) is 65.5 Å². The highest BCUT2D eigenvalue weighted by Crippen LogP contribution is 2.30. The summed E-state index contributed by atoms with van der Waals surface area (Å²) >= 11 is 0. The molecule has 0 radical (unpaired) electrons. The van der Waals surface area contributed by atoms with E-state index in [-0.39, 0.29) is 16.3 Å². The third kappa shape index (κ3) is 4.76.